The standard InChI is InChI=1S/C20H24FN3O2/c1-22-20(23-10-9-16-5-2-3-6-17(16)21)24-14-15-7-8-18-19(13-15)26-12-4-11-25-18/h2-3,5-8,13H,4,9-12,14H2,1H3,(H2,22,23,24). The third-order valence-corrected chi connectivity index (χ3v) is 4.14. The average molecular weight is 357 g/mol. The number of nitrogens with zero attached hydrogens (tertiary/aromatic N) is 1. The van der Waals surface area contributed by atoms with Crippen molar-refractivity contribution in [2.45, 2.75) is 19.4 Å². The fraction of sp³-hybridized carbons (Fsp3) is 0.350. The molecule has 0 saturated carbocycles. The number of rotatable bonds is 5. The van der Waals surface area contributed by atoms with Crippen LogP contribution in [-0.4, -0.2) is 32.8 Å². The number of halogens is 1. The summed E-state index contributed by atoms with van der Waals surface area (Å²) in [6.45, 7) is 2.56. The van der Waals surface area contributed by atoms with Gasteiger partial charge in [0.2, 0.25) is 0 Å². The molecular formula is C20H24FN3O2. The fourth-order valence-corrected chi connectivity index (χ4v) is 2.74. The van der Waals surface area contributed by atoms with Gasteiger partial charge < -0.3 is 20.1 Å². The minimum absolute atomic E-state index is 0.176. The van der Waals surface area contributed by atoms with E-state index < -0.39 is 0 Å². The third kappa shape index (κ3) is 4.88. The van der Waals surface area contributed by atoms with Crippen LogP contribution in [0.15, 0.2) is 47.5 Å². The molecule has 26 heavy (non-hydrogen) atoms. The molecule has 3 rings (SSSR count). The van der Waals surface area contributed by atoms with Gasteiger partial charge >= 0.3 is 0 Å². The quantitative estimate of drug-likeness (QED) is 0.638. The van der Waals surface area contributed by atoms with E-state index in [-0.39, 0.29) is 5.82 Å². The number of benzene rings is 2. The van der Waals surface area contributed by atoms with Crippen molar-refractivity contribution in [3.63, 3.8) is 0 Å². The zero-order valence-electron chi connectivity index (χ0n) is 14.9. The van der Waals surface area contributed by atoms with Crippen LogP contribution in [-0.2, 0) is 13.0 Å². The summed E-state index contributed by atoms with van der Waals surface area (Å²) < 4.78 is 25.0. The number of guanidine groups is 1. The van der Waals surface area contributed by atoms with Gasteiger partial charge in [0.15, 0.2) is 17.5 Å². The maximum absolute atomic E-state index is 13.6. The van der Waals surface area contributed by atoms with Crippen molar-refractivity contribution in [3.05, 3.63) is 59.4 Å². The highest BCUT2D eigenvalue weighted by molar-refractivity contribution is 5.79. The molecule has 0 aliphatic carbocycles. The van der Waals surface area contributed by atoms with E-state index in [2.05, 4.69) is 15.6 Å². The summed E-state index contributed by atoms with van der Waals surface area (Å²) >= 11 is 0. The predicted octanol–water partition coefficient (Wildman–Crippen LogP) is 2.89. The van der Waals surface area contributed by atoms with E-state index in [1.165, 1.54) is 6.07 Å². The Kier molecular flexibility index (Phi) is 6.30. The van der Waals surface area contributed by atoms with Gasteiger partial charge in [-0.2, -0.15) is 0 Å². The van der Waals surface area contributed by atoms with E-state index >= 15 is 0 Å². The van der Waals surface area contributed by atoms with E-state index in [0.29, 0.717) is 44.2 Å². The SMILES string of the molecule is CN=C(NCCc1ccccc1F)NCc1ccc2c(c1)OCCCO2. The normalized spacial score (nSPS) is 13.8. The molecule has 0 amide bonds. The summed E-state index contributed by atoms with van der Waals surface area (Å²) in [5.74, 6) is 2.07. The lowest BCUT2D eigenvalue weighted by Crippen LogP contribution is -2.37. The molecule has 6 heteroatoms. The van der Waals surface area contributed by atoms with Crippen LogP contribution in [0.5, 0.6) is 11.5 Å². The van der Waals surface area contributed by atoms with Crippen LogP contribution in [0.3, 0.4) is 0 Å². The van der Waals surface area contributed by atoms with Gasteiger partial charge in [0.05, 0.1) is 13.2 Å². The smallest absolute Gasteiger partial charge is 0.191 e. The fourth-order valence-electron chi connectivity index (χ4n) is 2.74. The van der Waals surface area contributed by atoms with Gasteiger partial charge in [-0.25, -0.2) is 4.39 Å². The molecule has 1 heterocycles. The Labute approximate surface area is 153 Å². The van der Waals surface area contributed by atoms with Crippen LogP contribution in [0.25, 0.3) is 0 Å². The summed E-state index contributed by atoms with van der Waals surface area (Å²) in [6, 6.07) is 12.7. The molecule has 0 atom stereocenters. The molecule has 0 fully saturated rings. The van der Waals surface area contributed by atoms with Crippen molar-refractivity contribution in [3.8, 4) is 11.5 Å². The summed E-state index contributed by atoms with van der Waals surface area (Å²) in [6.07, 6.45) is 1.48. The summed E-state index contributed by atoms with van der Waals surface area (Å²) in [5.41, 5.74) is 1.77. The van der Waals surface area contributed by atoms with E-state index in [0.717, 1.165) is 23.5 Å². The minimum Gasteiger partial charge on any atom is -0.490 e. The Morgan fingerprint density at radius 2 is 1.88 bits per heavy atom. The van der Waals surface area contributed by atoms with Gasteiger partial charge in [-0.15, -0.1) is 0 Å². The van der Waals surface area contributed by atoms with Crippen molar-refractivity contribution < 1.29 is 13.9 Å². The Bertz CT molecular complexity index is 764. The van der Waals surface area contributed by atoms with Gasteiger partial charge in [-0.1, -0.05) is 24.3 Å². The zero-order valence-corrected chi connectivity index (χ0v) is 14.9. The summed E-state index contributed by atoms with van der Waals surface area (Å²) in [7, 11) is 1.71. The molecule has 2 N–H and O–H groups in total. The molecule has 0 saturated heterocycles. The molecule has 2 aromatic carbocycles. The first-order valence-electron chi connectivity index (χ1n) is 8.82. The Morgan fingerprint density at radius 3 is 2.69 bits per heavy atom. The molecule has 5 nitrogen and oxygen atoms in total. The number of nitrogens with one attached hydrogen (secondary N) is 2. The second-order valence-electron chi connectivity index (χ2n) is 6.03. The minimum atomic E-state index is -0.176. The van der Waals surface area contributed by atoms with E-state index in [1.807, 2.05) is 24.3 Å². The Hall–Kier alpha value is -2.76. The van der Waals surface area contributed by atoms with Crippen LogP contribution >= 0.6 is 0 Å². The van der Waals surface area contributed by atoms with Gasteiger partial charge in [0.1, 0.15) is 5.82 Å². The first kappa shape index (κ1) is 18.0. The highest BCUT2D eigenvalue weighted by Gasteiger charge is 2.10. The highest BCUT2D eigenvalue weighted by Crippen LogP contribution is 2.30. The lowest BCUT2D eigenvalue weighted by molar-refractivity contribution is 0.297. The first-order valence-corrected chi connectivity index (χ1v) is 8.82. The Morgan fingerprint density at radius 1 is 1.08 bits per heavy atom. The van der Waals surface area contributed by atoms with Gasteiger partial charge in [0, 0.05) is 26.6 Å². The number of fused-ring (bicyclic) bond motifs is 1. The lowest BCUT2D eigenvalue weighted by Gasteiger charge is -2.13. The average Bonchev–Trinajstić information content (AvgIpc) is 2.91. The third-order valence-electron chi connectivity index (χ3n) is 4.14. The van der Waals surface area contributed by atoms with Crippen molar-refractivity contribution in [2.24, 2.45) is 4.99 Å². The summed E-state index contributed by atoms with van der Waals surface area (Å²) in [4.78, 5) is 4.20. The number of aliphatic imine (C=N–C) groups is 1. The molecule has 0 spiro atoms. The number of ether oxygens (including phenoxy) is 2. The molecular weight excluding hydrogens is 333 g/mol. The van der Waals surface area contributed by atoms with Crippen LogP contribution in [0.1, 0.15) is 17.5 Å². The van der Waals surface area contributed by atoms with Crippen molar-refractivity contribution >= 4 is 5.96 Å². The molecule has 0 unspecified atom stereocenters. The Balaban J connectivity index is 1.50. The zero-order chi connectivity index (χ0) is 18.2. The molecule has 1 aliphatic rings. The molecule has 1 aliphatic heterocycles. The van der Waals surface area contributed by atoms with Crippen LogP contribution in [0.4, 0.5) is 4.39 Å². The van der Waals surface area contributed by atoms with Gasteiger partial charge in [-0.3, -0.25) is 4.99 Å². The molecule has 2 aromatic rings. The molecule has 0 bridgehead atoms. The molecule has 0 radical (unpaired) electrons. The topological polar surface area (TPSA) is 54.9 Å². The van der Waals surface area contributed by atoms with Crippen molar-refractivity contribution in [1.82, 2.24) is 10.6 Å². The second kappa shape index (κ2) is 9.08. The lowest BCUT2D eigenvalue weighted by atomic mass is 10.1. The van der Waals surface area contributed by atoms with Crippen LogP contribution < -0.4 is 20.1 Å². The summed E-state index contributed by atoms with van der Waals surface area (Å²) in [5, 5.41) is 6.46. The van der Waals surface area contributed by atoms with E-state index in [4.69, 9.17) is 9.47 Å². The van der Waals surface area contributed by atoms with Crippen molar-refractivity contribution in [1.29, 1.82) is 0 Å². The maximum Gasteiger partial charge on any atom is 0.191 e. The number of hydrogen-bond donors (Lipinski definition) is 2. The second-order valence-corrected chi connectivity index (χ2v) is 6.03. The first-order chi connectivity index (χ1) is 12.8. The largest absolute Gasteiger partial charge is 0.490 e. The monoisotopic (exact) mass is 357 g/mol. The van der Waals surface area contributed by atoms with Crippen LogP contribution in [0, 0.1) is 5.82 Å². The van der Waals surface area contributed by atoms with E-state index in [1.54, 1.807) is 19.2 Å². The van der Waals surface area contributed by atoms with Gasteiger partial charge in [-0.05, 0) is 35.7 Å². The predicted molar refractivity (Wildman–Crippen MR) is 100 cm³/mol. The highest BCUT2D eigenvalue weighted by atomic mass is 19.1. The van der Waals surface area contributed by atoms with Crippen LogP contribution in [0.2, 0.25) is 0 Å². The van der Waals surface area contributed by atoms with E-state index in [9.17, 15) is 4.39 Å². The van der Waals surface area contributed by atoms with Crippen molar-refractivity contribution in [2.75, 3.05) is 26.8 Å². The molecule has 0 aromatic heterocycles. The maximum atomic E-state index is 13.6. The van der Waals surface area contributed by atoms with Gasteiger partial charge in [0.25, 0.3) is 0 Å². The number of hydrogen-bond acceptors (Lipinski definition) is 3. The molecule has 138 valence electrons.